The molecule has 0 saturated carbocycles. The molecule has 0 N–H and O–H groups in total. The number of aliphatic carboxylic acids is 1. The molecule has 1 aliphatic carbocycles. The molecule has 9 rings (SSSR count). The minimum atomic E-state index is -1.21. The molecule has 0 spiro atoms. The molecule has 6 heterocycles. The Kier molecular flexibility index (Phi) is 15.7. The molecule has 7 aliphatic rings. The molecule has 2 aromatic carbocycles. The topological polar surface area (TPSA) is 120 Å². The number of thioether (sulfide) groups is 12. The van der Waals surface area contributed by atoms with Crippen molar-refractivity contribution in [1.29, 1.82) is 0 Å². The number of carboxylic acid groups (broad SMARTS) is 3. The summed E-state index contributed by atoms with van der Waals surface area (Å²) in [7, 11) is 0. The maximum atomic E-state index is 13.4. The standard InChI is InChI=1S/C40H39O6S12.3Na/c1-35(2)47-20-14(21-27(54-36(3,4)48-21)17(32(41)42)26(20)53-35)13(15-22-28(55-37(5,6)49-22)18(33(43)44)29-23(15)50-38(7,8)56-29)16-24-30(57-39(9,10)51-24)19(34(45)46)31-25(16)52-40(11,12)58-31;;;/h1-12H3,(H,41,42)(H,43,44)(H,45,46);;;/q;3*+1/p-3. The van der Waals surface area contributed by atoms with Crippen LogP contribution in [0.25, 0.3) is 5.57 Å². The van der Waals surface area contributed by atoms with E-state index in [1.165, 1.54) is 0 Å². The Hall–Kier alpha value is 3.27. The van der Waals surface area contributed by atoms with Crippen LogP contribution in [0.3, 0.4) is 0 Å². The molecule has 0 unspecified atom stereocenters. The minimum absolute atomic E-state index is 0. The van der Waals surface area contributed by atoms with Crippen molar-refractivity contribution in [3.05, 3.63) is 53.4 Å². The van der Waals surface area contributed by atoms with Gasteiger partial charge in [-0.2, -0.15) is 0 Å². The van der Waals surface area contributed by atoms with Gasteiger partial charge in [-0.05, 0) is 94.2 Å². The van der Waals surface area contributed by atoms with Crippen molar-refractivity contribution in [2.75, 3.05) is 0 Å². The second-order valence-corrected chi connectivity index (χ2v) is 38.2. The van der Waals surface area contributed by atoms with Crippen LogP contribution in [0, 0.1) is 5.25 Å². The van der Waals surface area contributed by atoms with Gasteiger partial charge in [0.25, 0.3) is 0 Å². The number of benzene rings is 2. The average Bonchev–Trinajstić information content (AvgIpc) is 3.84. The maximum absolute atomic E-state index is 13.4. The molecule has 307 valence electrons. The van der Waals surface area contributed by atoms with Gasteiger partial charge in [-0.3, -0.25) is 0 Å². The van der Waals surface area contributed by atoms with Crippen molar-refractivity contribution in [3.63, 3.8) is 0 Å². The summed E-state index contributed by atoms with van der Waals surface area (Å²) < 4.78 is -2.52. The van der Waals surface area contributed by atoms with E-state index in [2.05, 4.69) is 83.1 Å². The molecule has 1 fully saturated rings. The van der Waals surface area contributed by atoms with E-state index in [-0.39, 0.29) is 105 Å². The molecule has 6 aliphatic heterocycles. The minimum Gasteiger partial charge on any atom is -0.545 e. The first-order valence-electron chi connectivity index (χ1n) is 18.1. The summed E-state index contributed by atoms with van der Waals surface area (Å²) in [6.07, 6.45) is 0. The quantitative estimate of drug-likeness (QED) is 0.407. The SMILES string of the molecule is CC1(C)S[C]2C(=C(C(=O)[O-])C3=C(SC(C)(C)S3)C2=C(c2c3c(c(C(=O)[O-])c4c2SC(C)(C)S4)SC(C)(C)S3)c2c3c(c(C(=O)[O-])c4c2SC(C)(C)S4)SC(C)(C)S3)S1.[Na+].[Na+].[Na+]. The Morgan fingerprint density at radius 2 is 0.607 bits per heavy atom. The van der Waals surface area contributed by atoms with Gasteiger partial charge in [0.2, 0.25) is 0 Å². The molecule has 21 heteroatoms. The van der Waals surface area contributed by atoms with Gasteiger partial charge in [-0.1, -0.05) is 0 Å². The Balaban J connectivity index is 0.00000207. The van der Waals surface area contributed by atoms with E-state index in [1.807, 2.05) is 0 Å². The number of rotatable bonds is 5. The molecule has 1 radical (unpaired) electrons. The third-order valence-electron chi connectivity index (χ3n) is 9.50. The average molecular weight is 1070 g/mol. The number of fused-ring (bicyclic) bond motifs is 5. The largest absolute Gasteiger partial charge is 1.00 e. The molecular formula is C40H36Na3O6S12. The molecule has 1 saturated heterocycles. The van der Waals surface area contributed by atoms with E-state index < -0.39 is 42.4 Å². The van der Waals surface area contributed by atoms with Crippen LogP contribution in [0.1, 0.15) is 115 Å². The van der Waals surface area contributed by atoms with E-state index in [1.54, 1.807) is 141 Å². The van der Waals surface area contributed by atoms with E-state index in [9.17, 15) is 29.7 Å². The summed E-state index contributed by atoms with van der Waals surface area (Å²) in [4.78, 5) is 48.5. The number of carboxylic acids is 3. The normalized spacial score (nSPS) is 23.5. The van der Waals surface area contributed by atoms with Gasteiger partial charge in [-0.15, -0.1) is 141 Å². The number of hydrogen-bond donors (Lipinski definition) is 0. The van der Waals surface area contributed by atoms with Gasteiger partial charge in [-0.25, -0.2) is 0 Å². The first-order valence-corrected chi connectivity index (χ1v) is 27.9. The number of aromatic carboxylic acids is 2. The van der Waals surface area contributed by atoms with Crippen LogP contribution >= 0.6 is 141 Å². The summed E-state index contributed by atoms with van der Waals surface area (Å²) in [5.74, 6) is -3.62. The van der Waals surface area contributed by atoms with Crippen LogP contribution in [0.15, 0.2) is 65.0 Å². The van der Waals surface area contributed by atoms with Gasteiger partial charge in [0, 0.05) is 81.7 Å². The summed E-state index contributed by atoms with van der Waals surface area (Å²) in [6.45, 7) is 25.4. The smallest absolute Gasteiger partial charge is 0.545 e. The van der Waals surface area contributed by atoms with E-state index >= 15 is 0 Å². The van der Waals surface area contributed by atoms with Gasteiger partial charge in [0.05, 0.1) is 47.6 Å². The predicted molar refractivity (Wildman–Crippen MR) is 252 cm³/mol. The maximum Gasteiger partial charge on any atom is 1.00 e. The molecule has 0 bridgehead atoms. The van der Waals surface area contributed by atoms with Crippen molar-refractivity contribution < 1.29 is 118 Å². The van der Waals surface area contributed by atoms with Crippen LogP contribution in [-0.4, -0.2) is 42.4 Å². The van der Waals surface area contributed by atoms with Crippen molar-refractivity contribution >= 4 is 165 Å². The summed E-state index contributed by atoms with van der Waals surface area (Å²) >= 11 is 19.2. The zero-order valence-corrected chi connectivity index (χ0v) is 52.1. The fourth-order valence-electron chi connectivity index (χ4n) is 7.84. The molecule has 6 nitrogen and oxygen atoms in total. The fraction of sp³-hybridized carbons (Fsp3) is 0.450. The van der Waals surface area contributed by atoms with Gasteiger partial charge < -0.3 is 29.7 Å². The van der Waals surface area contributed by atoms with Crippen LogP contribution in [0.2, 0.25) is 0 Å². The molecule has 61 heavy (non-hydrogen) atoms. The van der Waals surface area contributed by atoms with Crippen molar-refractivity contribution in [2.24, 2.45) is 0 Å². The van der Waals surface area contributed by atoms with Gasteiger partial charge in [0.1, 0.15) is 0 Å². The third-order valence-corrected chi connectivity index (χ3v) is 26.5. The van der Waals surface area contributed by atoms with Crippen LogP contribution in [-0.2, 0) is 4.79 Å². The van der Waals surface area contributed by atoms with Crippen LogP contribution in [0.4, 0.5) is 0 Å². The van der Waals surface area contributed by atoms with Gasteiger partial charge >= 0.3 is 88.7 Å². The Labute approximate surface area is 475 Å². The Bertz CT molecular complexity index is 2280. The monoisotopic (exact) mass is 1060 g/mol. The third kappa shape index (κ3) is 9.36. The van der Waals surface area contributed by atoms with Crippen molar-refractivity contribution in [1.82, 2.24) is 0 Å². The Morgan fingerprint density at radius 1 is 0.344 bits per heavy atom. The second kappa shape index (κ2) is 17.8. The molecule has 2 aromatic rings. The van der Waals surface area contributed by atoms with Crippen LogP contribution in [0.5, 0.6) is 0 Å². The summed E-state index contributed by atoms with van der Waals surface area (Å²) in [5, 5.41) is 40.9. The number of allylic oxidation sites excluding steroid dienone is 1. The zero-order valence-electron chi connectivity index (χ0n) is 36.3. The summed E-state index contributed by atoms with van der Waals surface area (Å²) in [5.41, 5.74) is 4.34. The second-order valence-electron chi connectivity index (χ2n) is 17.1. The Morgan fingerprint density at radius 3 is 0.918 bits per heavy atom. The predicted octanol–water partition coefficient (Wildman–Crippen LogP) is 2.16. The molecule has 0 atom stereocenters. The summed E-state index contributed by atoms with van der Waals surface area (Å²) in [6, 6.07) is 0. The molecular weight excluding hydrogens is 1030 g/mol. The zero-order chi connectivity index (χ0) is 42.2. The molecule has 0 amide bonds. The van der Waals surface area contributed by atoms with Crippen molar-refractivity contribution in [2.45, 2.75) is 147 Å². The van der Waals surface area contributed by atoms with Gasteiger partial charge in [0.15, 0.2) is 0 Å². The van der Waals surface area contributed by atoms with E-state index in [0.717, 1.165) is 52.0 Å². The first kappa shape index (κ1) is 53.6. The van der Waals surface area contributed by atoms with E-state index in [4.69, 9.17) is 0 Å². The molecule has 0 aromatic heterocycles. The van der Waals surface area contributed by atoms with Crippen LogP contribution < -0.4 is 104 Å². The number of carbonyl (C=O) groups is 3. The van der Waals surface area contributed by atoms with E-state index in [0.29, 0.717) is 29.4 Å². The van der Waals surface area contributed by atoms with Crippen molar-refractivity contribution in [3.8, 4) is 0 Å². The number of carbonyl (C=O) groups excluding carboxylic acids is 3. The first-order chi connectivity index (χ1) is 26.6. The fourth-order valence-corrected chi connectivity index (χ4v) is 25.5. The number of hydrogen-bond acceptors (Lipinski definition) is 18.